The van der Waals surface area contributed by atoms with Gasteiger partial charge < -0.3 is 78.0 Å². The van der Waals surface area contributed by atoms with Gasteiger partial charge in [0.1, 0.15) is 0 Å². The molecule has 0 aliphatic rings. The van der Waals surface area contributed by atoms with Gasteiger partial charge in [0, 0.05) is 74.5 Å². The van der Waals surface area contributed by atoms with Crippen LogP contribution >= 0.6 is 0 Å². The molecule has 0 bridgehead atoms. The van der Waals surface area contributed by atoms with Crippen LogP contribution in [0.4, 0.5) is 0 Å². The average Bonchev–Trinajstić information content (AvgIpc) is 0.894. The third kappa shape index (κ3) is 38.7. The van der Waals surface area contributed by atoms with Crippen molar-refractivity contribution in [1.29, 1.82) is 0 Å². The summed E-state index contributed by atoms with van der Waals surface area (Å²) in [7, 11) is 0. The van der Waals surface area contributed by atoms with E-state index in [0.717, 1.165) is 101 Å². The molecule has 0 amide bonds. The summed E-state index contributed by atoms with van der Waals surface area (Å²) in [6.07, 6.45) is 21.4. The van der Waals surface area contributed by atoms with Gasteiger partial charge in [-0.25, -0.2) is 0 Å². The summed E-state index contributed by atoms with van der Waals surface area (Å²) in [6, 6.07) is 120. The van der Waals surface area contributed by atoms with E-state index in [0.29, 0.717) is 79.3 Å². The molecule has 0 N–H and O–H groups in total. The van der Waals surface area contributed by atoms with E-state index < -0.39 is 0 Å². The first-order chi connectivity index (χ1) is 62.5. The van der Waals surface area contributed by atoms with Crippen molar-refractivity contribution in [3.63, 3.8) is 0 Å². The van der Waals surface area contributed by atoms with E-state index in [1.54, 1.807) is 37.2 Å². The molecule has 0 spiro atoms. The maximum absolute atomic E-state index is 6.10. The molecule has 6 heterocycles. The van der Waals surface area contributed by atoms with E-state index in [1.807, 2.05) is 256 Å². The van der Waals surface area contributed by atoms with Crippen molar-refractivity contribution in [3.8, 4) is 0 Å². The van der Waals surface area contributed by atoms with Crippen molar-refractivity contribution in [3.05, 3.63) is 502 Å². The van der Waals surface area contributed by atoms with Gasteiger partial charge in [0.15, 0.2) is 0 Å². The van der Waals surface area contributed by atoms with Crippen LogP contribution in [0.1, 0.15) is 137 Å². The first kappa shape index (κ1) is 107. The molecule has 0 aliphatic heterocycles. The number of rotatable bonds is 42. The van der Waals surface area contributed by atoms with E-state index in [4.69, 9.17) is 58.4 Å². The van der Waals surface area contributed by atoms with Gasteiger partial charge in [0.2, 0.25) is 0 Å². The molecule has 6 atom stereocenters. The Morgan fingerprint density at radius 2 is 0.303 bits per heavy atom. The SMILES string of the molecule is C(=N[C@@H](COCc1ccc(COC[C@H](N=Cc2ccccn2)c2ccccc2)cc1)c1ccccc1)c1ccccn1.C(=N[C@@H](COCc1ccc(COC[C@H](N=Cc2ccccn2)c2ccccc2)cc1)c1ccccc1)c1ccccn1.C(=N[C@@H](COCc1ccc(COC[C@H](N=Cc2ccccn2)c2ccccc2)cc1)c1ccccc1)c1ccccn1.[Cl-].[Cl-].[Cl-].[Cl-].[Fe+2].[Fe+2]. The van der Waals surface area contributed by atoms with Crippen LogP contribution in [0.15, 0.2) is 431 Å². The minimum absolute atomic E-state index is 0. The number of hydrogen-bond donors (Lipinski definition) is 0. The number of aliphatic imine (C=N–C) groups is 6. The van der Waals surface area contributed by atoms with Crippen molar-refractivity contribution >= 4 is 37.3 Å². The van der Waals surface area contributed by atoms with Gasteiger partial charge in [-0.1, -0.05) is 291 Å². The Kier molecular flexibility index (Phi) is 51.0. The number of benzene rings is 9. The maximum Gasteiger partial charge on any atom is 2.00 e. The van der Waals surface area contributed by atoms with Gasteiger partial charge in [-0.3, -0.25) is 59.9 Å². The zero-order valence-corrected chi connectivity index (χ0v) is 77.8. The van der Waals surface area contributed by atoms with Gasteiger partial charge in [-0.05, 0) is 140 Å². The quantitative estimate of drug-likeness (QED) is 0.0259. The van der Waals surface area contributed by atoms with Crippen LogP contribution in [-0.4, -0.2) is 107 Å². The molecule has 24 heteroatoms. The van der Waals surface area contributed by atoms with Gasteiger partial charge in [-0.2, -0.15) is 0 Å². The van der Waals surface area contributed by atoms with Crippen LogP contribution in [0.3, 0.4) is 0 Å². The van der Waals surface area contributed by atoms with Crippen LogP contribution in [0.2, 0.25) is 0 Å². The molecule has 18 nitrogen and oxygen atoms in total. The fourth-order valence-corrected chi connectivity index (χ4v) is 13.0. The average molecular weight is 1920 g/mol. The molecule has 0 radical (unpaired) electrons. The Balaban J connectivity index is 0.000000264. The zero-order chi connectivity index (χ0) is 86.0. The van der Waals surface area contributed by atoms with Crippen LogP contribution in [0.5, 0.6) is 0 Å². The zero-order valence-electron chi connectivity index (χ0n) is 72.6. The first-order valence-electron chi connectivity index (χ1n) is 42.1. The summed E-state index contributed by atoms with van der Waals surface area (Å²) in [5, 5.41) is 0. The fourth-order valence-electron chi connectivity index (χ4n) is 13.0. The Labute approximate surface area is 820 Å². The van der Waals surface area contributed by atoms with Crippen LogP contribution < -0.4 is 49.6 Å². The van der Waals surface area contributed by atoms with Gasteiger partial charge in [0.05, 0.1) is 150 Å². The molecular formula is C108H102Cl4Fe2N12O6. The van der Waals surface area contributed by atoms with Crippen LogP contribution in [0.25, 0.3) is 0 Å². The maximum atomic E-state index is 6.10. The smallest absolute Gasteiger partial charge is 1.00 e. The van der Waals surface area contributed by atoms with Gasteiger partial charge >= 0.3 is 34.1 Å². The fraction of sp³-hybridized carbons (Fsp3) is 0.167. The van der Waals surface area contributed by atoms with Crippen LogP contribution in [-0.2, 0) is 102 Å². The number of aromatic nitrogens is 6. The van der Waals surface area contributed by atoms with E-state index in [-0.39, 0.29) is 120 Å². The van der Waals surface area contributed by atoms with Crippen LogP contribution in [0, 0.1) is 0 Å². The van der Waals surface area contributed by atoms with E-state index in [9.17, 15) is 0 Å². The Bertz CT molecular complexity index is 4790. The van der Waals surface area contributed by atoms with E-state index in [1.165, 1.54) is 0 Å². The van der Waals surface area contributed by atoms with Gasteiger partial charge in [0.25, 0.3) is 0 Å². The monoisotopic (exact) mass is 1910 g/mol. The predicted molar refractivity (Wildman–Crippen MR) is 503 cm³/mol. The molecule has 9 aromatic carbocycles. The molecule has 0 fully saturated rings. The summed E-state index contributed by atoms with van der Waals surface area (Å²) < 4.78 is 36.6. The summed E-state index contributed by atoms with van der Waals surface area (Å²) in [4.78, 5) is 54.6. The van der Waals surface area contributed by atoms with E-state index in [2.05, 4.69) is 175 Å². The number of halogens is 4. The predicted octanol–water partition coefficient (Wildman–Crippen LogP) is 9.70. The topological polar surface area (TPSA) is 207 Å². The Hall–Kier alpha value is -12.1. The Morgan fingerprint density at radius 3 is 0.424 bits per heavy atom. The molecule has 0 saturated heterocycles. The summed E-state index contributed by atoms with van der Waals surface area (Å²) in [5.41, 5.74) is 18.2. The van der Waals surface area contributed by atoms with Gasteiger partial charge in [-0.15, -0.1) is 0 Å². The largest absolute Gasteiger partial charge is 2.00 e. The normalized spacial score (nSPS) is 12.4. The number of ether oxygens (including phenoxy) is 6. The van der Waals surface area contributed by atoms with Crippen molar-refractivity contribution in [1.82, 2.24) is 29.9 Å². The number of nitrogens with zero attached hydrogens (tertiary/aromatic N) is 12. The molecule has 674 valence electrons. The molecular weight excluding hydrogens is 1810 g/mol. The molecule has 0 unspecified atom stereocenters. The molecule has 132 heavy (non-hydrogen) atoms. The Morgan fingerprint density at radius 1 is 0.174 bits per heavy atom. The molecule has 15 aromatic rings. The minimum Gasteiger partial charge on any atom is -1.00 e. The summed E-state index contributed by atoms with van der Waals surface area (Å²) in [6.45, 7) is 5.83. The van der Waals surface area contributed by atoms with Crippen molar-refractivity contribution < 1.29 is 112 Å². The third-order valence-electron chi connectivity index (χ3n) is 19.9. The summed E-state index contributed by atoms with van der Waals surface area (Å²) >= 11 is 0. The summed E-state index contributed by atoms with van der Waals surface area (Å²) in [5.74, 6) is 0. The number of hydrogen-bond acceptors (Lipinski definition) is 18. The van der Waals surface area contributed by atoms with Crippen molar-refractivity contribution in [2.75, 3.05) is 39.6 Å². The molecule has 0 saturated carbocycles. The standard InChI is InChI=1S/3C36H34N4O2.4ClH.2Fe/c3*1-3-11-31(12-4-1)35(39-23-33-15-7-9-21-37-33)27-41-25-29-17-19-30(20-18-29)26-42-28-36(32-13-5-2-6-14-32)40-24-34-16-8-10-22-38-34;;;;;;/h3*1-24,35-36H,25-28H2;4*1H;;/q;;;;;;;2*+2/p-4/t3*35-,36-;;;;;;/m000....../s1. The van der Waals surface area contributed by atoms with Crippen molar-refractivity contribution in [2.24, 2.45) is 30.0 Å². The molecule has 15 rings (SSSR count). The number of pyridine rings is 6. The second-order valence-corrected chi connectivity index (χ2v) is 29.3. The third-order valence-corrected chi connectivity index (χ3v) is 19.9. The minimum atomic E-state index is -0.112. The van der Waals surface area contributed by atoms with Crippen molar-refractivity contribution in [2.45, 2.75) is 75.9 Å². The second kappa shape index (κ2) is 63.0. The molecule has 0 aliphatic carbocycles. The second-order valence-electron chi connectivity index (χ2n) is 29.3. The molecule has 6 aromatic heterocycles. The van der Waals surface area contributed by atoms with E-state index >= 15 is 0 Å². The first-order valence-corrected chi connectivity index (χ1v) is 42.1.